The van der Waals surface area contributed by atoms with E-state index in [-0.39, 0.29) is 49.1 Å². The summed E-state index contributed by atoms with van der Waals surface area (Å²) in [6, 6.07) is 13.9. The van der Waals surface area contributed by atoms with Crippen molar-refractivity contribution in [2.24, 2.45) is 0 Å². The third-order valence-electron chi connectivity index (χ3n) is 13.4. The minimum Gasteiger partial charge on any atom is -0.0654 e. The Hall–Kier alpha value is -0.663. The predicted octanol–water partition coefficient (Wildman–Crippen LogP) is 13.5. The Labute approximate surface area is 413 Å². The molecule has 0 amide bonds. The smallest absolute Gasteiger partial charge is 0.0654 e. The molecule has 2 nitrogen and oxygen atoms in total. The molecular weight excluding hydrogens is 1100 g/mol. The van der Waals surface area contributed by atoms with Crippen molar-refractivity contribution in [3.63, 3.8) is 0 Å². The molecule has 4 aromatic rings. The molecule has 0 spiro atoms. The number of hydrogen-bond donors (Lipinski definition) is 0. The molecule has 1 aromatic carbocycles. The van der Waals surface area contributed by atoms with Gasteiger partial charge in [-0.2, -0.15) is 0 Å². The fourth-order valence-corrected chi connectivity index (χ4v) is 22.3. The van der Waals surface area contributed by atoms with Crippen molar-refractivity contribution in [2.45, 2.75) is 220 Å². The van der Waals surface area contributed by atoms with Gasteiger partial charge in [-0.1, -0.05) is 78.1 Å². The van der Waals surface area contributed by atoms with E-state index in [1.165, 1.54) is 206 Å². The summed E-state index contributed by atoms with van der Waals surface area (Å²) in [4.78, 5) is 26.5. The Morgan fingerprint density at radius 1 is 0.397 bits per heavy atom. The number of rotatable bonds is 33. The number of carbonyl (C=O) groups excluding carboxylic acids is 2. The van der Waals surface area contributed by atoms with Gasteiger partial charge in [-0.05, 0) is 0 Å². The molecule has 344 valence electrons. The van der Waals surface area contributed by atoms with Crippen LogP contribution >= 0.6 is 0 Å². The Morgan fingerprint density at radius 3 is 1.24 bits per heavy atom. The minimum absolute atomic E-state index is 0.128. The molecule has 0 atom stereocenters. The van der Waals surface area contributed by atoms with Crippen LogP contribution in [0.15, 0.2) is 36.4 Å². The van der Waals surface area contributed by atoms with Crippen LogP contribution in [0.5, 0.6) is 0 Å². The molecule has 6 rings (SSSR count). The summed E-state index contributed by atoms with van der Waals surface area (Å²) in [5, 5.41) is 2.12. The molecule has 0 saturated carbocycles. The van der Waals surface area contributed by atoms with Crippen LogP contribution in [0.25, 0.3) is 26.7 Å². The van der Waals surface area contributed by atoms with Gasteiger partial charge in [0.1, 0.15) is 0 Å². The van der Waals surface area contributed by atoms with E-state index in [4.69, 9.17) is 0 Å². The normalized spacial score (nSPS) is 13.6. The third-order valence-corrected chi connectivity index (χ3v) is 26.8. The van der Waals surface area contributed by atoms with Gasteiger partial charge in [0, 0.05) is 0 Å². The summed E-state index contributed by atoms with van der Waals surface area (Å²) < 4.78 is 12.6. The molecule has 63 heavy (non-hydrogen) atoms. The van der Waals surface area contributed by atoms with Crippen molar-refractivity contribution >= 4 is 91.7 Å². The van der Waals surface area contributed by atoms with Crippen LogP contribution in [0.1, 0.15) is 241 Å². The molecular formula is C56H78O2Se5. The van der Waals surface area contributed by atoms with E-state index in [1.807, 2.05) is 0 Å². The van der Waals surface area contributed by atoms with E-state index in [1.54, 1.807) is 33.3 Å². The van der Waals surface area contributed by atoms with Crippen LogP contribution in [-0.2, 0) is 12.8 Å². The number of unbranched alkanes of at least 4 members (excludes halogenated alkanes) is 26. The van der Waals surface area contributed by atoms with Crippen molar-refractivity contribution in [3.8, 4) is 17.7 Å². The van der Waals surface area contributed by atoms with E-state index >= 15 is 0 Å². The zero-order chi connectivity index (χ0) is 44.2. The average Bonchev–Trinajstić information content (AvgIpc) is 4.12. The number of carbonyl (C=O) groups is 2. The summed E-state index contributed by atoms with van der Waals surface area (Å²) in [7, 11) is 0. The standard InChI is InChI=1S/C56H78O2Se5/c1-5-7-9-11-13-15-17-19-21-23-25-27-29-31-33-43-44(34-32-30-28-26-24-22-20-18-16-14-12-10-8-6-2)53(62-52(43)49-36-35-41(3)59-49)50-37-38-51(61-50)54-46-40-47-45(42(4)60-55(47)57)39-48(46)56(58)63-54/h35-40H,5-34H2,1-4H3. The summed E-state index contributed by atoms with van der Waals surface area (Å²) >= 11 is 0.627. The van der Waals surface area contributed by atoms with Crippen LogP contribution < -0.4 is 10.4 Å². The van der Waals surface area contributed by atoms with Crippen LogP contribution in [0, 0.1) is 6.92 Å². The van der Waals surface area contributed by atoms with Crippen molar-refractivity contribution in [1.82, 2.24) is 0 Å². The minimum atomic E-state index is -0.217. The Bertz CT molecular complexity index is 2160. The molecule has 0 fully saturated rings. The quantitative estimate of drug-likeness (QED) is 0.0352. The summed E-state index contributed by atoms with van der Waals surface area (Å²) in [6.07, 6.45) is 41.9. The monoisotopic (exact) mass is 1180 g/mol. The van der Waals surface area contributed by atoms with Gasteiger partial charge in [-0.3, -0.25) is 0 Å². The van der Waals surface area contributed by atoms with Crippen molar-refractivity contribution in [2.75, 3.05) is 0 Å². The third kappa shape index (κ3) is 15.7. The fourth-order valence-electron chi connectivity index (χ4n) is 9.61. The zero-order valence-electron chi connectivity index (χ0n) is 39.5. The van der Waals surface area contributed by atoms with Gasteiger partial charge in [0.15, 0.2) is 0 Å². The first-order valence-electron chi connectivity index (χ1n) is 25.5. The molecule has 0 unspecified atom stereocenters. The van der Waals surface area contributed by atoms with Gasteiger partial charge in [0.05, 0.1) is 0 Å². The van der Waals surface area contributed by atoms with Gasteiger partial charge in [-0.15, -0.1) is 0 Å². The van der Waals surface area contributed by atoms with Gasteiger partial charge in [0.2, 0.25) is 0 Å². The molecule has 0 radical (unpaired) electrons. The molecule has 5 heterocycles. The van der Waals surface area contributed by atoms with Crippen molar-refractivity contribution in [1.29, 1.82) is 0 Å². The summed E-state index contributed by atoms with van der Waals surface area (Å²) in [5.41, 5.74) is 5.22. The first kappa shape index (κ1) is 51.7. The van der Waals surface area contributed by atoms with Crippen LogP contribution in [0.4, 0.5) is 0 Å². The topological polar surface area (TPSA) is 34.1 Å². The van der Waals surface area contributed by atoms with Crippen LogP contribution in [0.2, 0.25) is 0 Å². The maximum atomic E-state index is 13.5. The first-order valence-corrected chi connectivity index (χ1v) is 34.1. The number of aryl methyl sites for hydroxylation is 1. The molecule has 0 saturated heterocycles. The number of fused-ring (bicyclic) bond motifs is 2. The van der Waals surface area contributed by atoms with Crippen LogP contribution in [0.3, 0.4) is 0 Å². The van der Waals surface area contributed by atoms with Crippen molar-refractivity contribution in [3.05, 3.63) is 78.0 Å². The average molecular weight is 1180 g/mol. The predicted molar refractivity (Wildman–Crippen MR) is 278 cm³/mol. The van der Waals surface area contributed by atoms with E-state index in [2.05, 4.69) is 64.1 Å². The van der Waals surface area contributed by atoms with E-state index in [0.29, 0.717) is 33.7 Å². The van der Waals surface area contributed by atoms with E-state index < -0.39 is 0 Å². The molecule has 2 aliphatic heterocycles. The molecule has 7 heteroatoms. The Balaban J connectivity index is 1.12. The molecule has 3 aromatic heterocycles. The van der Waals surface area contributed by atoms with Gasteiger partial charge in [-0.25, -0.2) is 0 Å². The summed E-state index contributed by atoms with van der Waals surface area (Å²) in [6.45, 7) is 9.03. The number of benzene rings is 1. The van der Waals surface area contributed by atoms with E-state index in [9.17, 15) is 9.59 Å². The zero-order valence-corrected chi connectivity index (χ0v) is 48.1. The second-order valence-electron chi connectivity index (χ2n) is 18.6. The van der Waals surface area contributed by atoms with Crippen molar-refractivity contribution < 1.29 is 9.59 Å². The second kappa shape index (κ2) is 28.6. The second-order valence-corrected chi connectivity index (χ2v) is 30.3. The molecule has 0 aliphatic carbocycles. The molecule has 2 aliphatic rings. The van der Waals surface area contributed by atoms with Gasteiger partial charge >= 0.3 is 339 Å². The number of hydrogen-bond acceptors (Lipinski definition) is 2. The maximum absolute atomic E-state index is 13.5. The Morgan fingerprint density at radius 2 is 0.778 bits per heavy atom. The van der Waals surface area contributed by atoms with Gasteiger partial charge < -0.3 is 0 Å². The first-order chi connectivity index (χ1) is 30.9. The van der Waals surface area contributed by atoms with Crippen LogP contribution in [-0.4, -0.2) is 82.8 Å². The molecule has 0 bridgehead atoms. The molecule has 0 N–H and O–H groups in total. The fraction of sp³-hybridized carbons (Fsp3) is 0.607. The summed E-state index contributed by atoms with van der Waals surface area (Å²) in [5.74, 6) is 0. The van der Waals surface area contributed by atoms with Gasteiger partial charge in [0.25, 0.3) is 0 Å². The van der Waals surface area contributed by atoms with E-state index in [0.717, 1.165) is 21.6 Å². The SMILES string of the molecule is CCCCCCCCCCCCCCCCc1c(-c2ccc(C)[se]2)[se]c(-c2ccc(C3=c4cc5c(cc4C(=O)[Se]3)=C(C)[Se]C5=O)[se]2)c1CCCCCCCCCCCCCCCC. The Kier molecular flexibility index (Phi) is 23.5.